The van der Waals surface area contributed by atoms with E-state index in [1.54, 1.807) is 0 Å². The number of benzene rings is 1. The molecule has 1 heterocycles. The van der Waals surface area contributed by atoms with Crippen molar-refractivity contribution in [2.24, 2.45) is 0 Å². The zero-order valence-corrected chi connectivity index (χ0v) is 21.9. The summed E-state index contributed by atoms with van der Waals surface area (Å²) in [6, 6.07) is 8.38. The molecule has 0 saturated carbocycles. The first-order valence-corrected chi connectivity index (χ1v) is 13.9. The number of ether oxygens (including phenoxy) is 2. The highest BCUT2D eigenvalue weighted by Crippen LogP contribution is 2.20. The molecule has 0 aliphatic carbocycles. The van der Waals surface area contributed by atoms with Gasteiger partial charge in [-0.05, 0) is 18.5 Å². The van der Waals surface area contributed by atoms with Gasteiger partial charge in [-0.3, -0.25) is 5.32 Å². The number of aliphatic hydroxyl groups excluding tert-OH is 3. The van der Waals surface area contributed by atoms with Crippen molar-refractivity contribution in [1.82, 2.24) is 10.6 Å². The molecule has 1 aromatic carbocycles. The van der Waals surface area contributed by atoms with Crippen molar-refractivity contribution in [1.29, 1.82) is 0 Å². The lowest BCUT2D eigenvalue weighted by Crippen LogP contribution is -2.67. The van der Waals surface area contributed by atoms with Gasteiger partial charge in [0, 0.05) is 0 Å². The molecule has 0 spiro atoms. The average molecular weight is 509 g/mol. The molecule has 1 aliphatic heterocycles. The minimum absolute atomic E-state index is 0.0924. The lowest BCUT2D eigenvalue weighted by atomic mass is 9.96. The molecule has 8 heteroatoms. The van der Waals surface area contributed by atoms with Crippen molar-refractivity contribution in [3.8, 4) is 0 Å². The summed E-state index contributed by atoms with van der Waals surface area (Å²) in [5.41, 5.74) is 0.843. The fourth-order valence-electron chi connectivity index (χ4n) is 4.56. The summed E-state index contributed by atoms with van der Waals surface area (Å²) in [5, 5.41) is 36.2. The van der Waals surface area contributed by atoms with E-state index < -0.39 is 43.3 Å². The predicted octanol–water partition coefficient (Wildman–Crippen LogP) is 4.01. The third-order valence-electron chi connectivity index (χ3n) is 6.80. The van der Waals surface area contributed by atoms with E-state index in [9.17, 15) is 20.1 Å². The molecule has 0 unspecified atom stereocenters. The van der Waals surface area contributed by atoms with Crippen molar-refractivity contribution in [2.75, 3.05) is 13.2 Å². The van der Waals surface area contributed by atoms with Crippen LogP contribution < -0.4 is 10.6 Å². The zero-order valence-electron chi connectivity index (χ0n) is 21.9. The Kier molecular flexibility index (Phi) is 15.7. The number of hydrogen-bond donors (Lipinski definition) is 5. The largest absolute Gasteiger partial charge is 0.445 e. The Labute approximate surface area is 216 Å². The SMILES string of the molecule is CCCCCCCCCCCCCCN[C@@H]1O[C@H](CO)[C@@H](O)[C@H](O)[C@@H]1NC(=O)OCc1ccccc1. The van der Waals surface area contributed by atoms with E-state index in [0.717, 1.165) is 18.4 Å². The van der Waals surface area contributed by atoms with E-state index in [1.165, 1.54) is 64.2 Å². The summed E-state index contributed by atoms with van der Waals surface area (Å²) in [5.74, 6) is 0. The second kappa shape index (κ2) is 18.5. The Bertz CT molecular complexity index is 692. The van der Waals surface area contributed by atoms with Gasteiger partial charge in [0.05, 0.1) is 6.61 Å². The highest BCUT2D eigenvalue weighted by molar-refractivity contribution is 5.67. The Hall–Kier alpha value is -1.71. The molecular weight excluding hydrogens is 460 g/mol. The zero-order chi connectivity index (χ0) is 26.0. The average Bonchev–Trinajstić information content (AvgIpc) is 2.90. The summed E-state index contributed by atoms with van der Waals surface area (Å²) in [6.45, 7) is 2.55. The third kappa shape index (κ3) is 11.6. The van der Waals surface area contributed by atoms with Crippen LogP contribution in [0.25, 0.3) is 0 Å². The molecular formula is C28H48N2O6. The normalized spacial score (nSPS) is 23.9. The topological polar surface area (TPSA) is 120 Å². The quantitative estimate of drug-likeness (QED) is 0.190. The maximum atomic E-state index is 12.4. The van der Waals surface area contributed by atoms with E-state index in [0.29, 0.717) is 6.54 Å². The van der Waals surface area contributed by atoms with Crippen molar-refractivity contribution < 1.29 is 29.6 Å². The van der Waals surface area contributed by atoms with E-state index in [1.807, 2.05) is 30.3 Å². The Balaban J connectivity index is 1.67. The number of carbonyl (C=O) groups is 1. The second-order valence-electron chi connectivity index (χ2n) is 9.83. The monoisotopic (exact) mass is 508 g/mol. The first-order valence-electron chi connectivity index (χ1n) is 13.9. The lowest BCUT2D eigenvalue weighted by Gasteiger charge is -2.42. The van der Waals surface area contributed by atoms with Crippen LogP contribution in [0.2, 0.25) is 0 Å². The van der Waals surface area contributed by atoms with Crippen LogP contribution in [0.4, 0.5) is 4.79 Å². The molecule has 5 N–H and O–H groups in total. The van der Waals surface area contributed by atoms with Gasteiger partial charge in [-0.1, -0.05) is 108 Å². The summed E-state index contributed by atoms with van der Waals surface area (Å²) >= 11 is 0. The van der Waals surface area contributed by atoms with Crippen molar-refractivity contribution in [3.05, 3.63) is 35.9 Å². The Morgan fingerprint density at radius 3 is 2.06 bits per heavy atom. The second-order valence-corrected chi connectivity index (χ2v) is 9.83. The summed E-state index contributed by atoms with van der Waals surface area (Å²) < 4.78 is 11.0. The standard InChI is InChI=1S/C28H48N2O6/c1-2-3-4-5-6-7-8-9-10-11-12-16-19-29-27-24(26(33)25(32)23(20-31)36-27)30-28(34)35-21-22-17-14-13-15-18-22/h13-15,17-18,23-27,29,31-33H,2-12,16,19-21H2,1H3,(H,30,34)/t23-,24+,25-,26-,27-/m1/s1. The molecule has 1 fully saturated rings. The van der Waals surface area contributed by atoms with Gasteiger partial charge < -0.3 is 30.1 Å². The first kappa shape index (κ1) is 30.5. The van der Waals surface area contributed by atoms with Crippen molar-refractivity contribution >= 4 is 6.09 Å². The molecule has 0 aromatic heterocycles. The number of hydrogen-bond acceptors (Lipinski definition) is 7. The molecule has 1 amide bonds. The van der Waals surface area contributed by atoms with Gasteiger partial charge in [-0.15, -0.1) is 0 Å². The molecule has 1 saturated heterocycles. The lowest BCUT2D eigenvalue weighted by molar-refractivity contribution is -0.200. The smallest absolute Gasteiger partial charge is 0.407 e. The van der Waals surface area contributed by atoms with Crippen LogP contribution in [0.1, 0.15) is 89.5 Å². The number of nitrogens with one attached hydrogen (secondary N) is 2. The van der Waals surface area contributed by atoms with E-state index >= 15 is 0 Å². The van der Waals surface area contributed by atoms with E-state index in [-0.39, 0.29) is 6.61 Å². The van der Waals surface area contributed by atoms with Crippen LogP contribution in [0, 0.1) is 0 Å². The third-order valence-corrected chi connectivity index (χ3v) is 6.80. The highest BCUT2D eigenvalue weighted by atomic mass is 16.6. The van der Waals surface area contributed by atoms with Crippen molar-refractivity contribution in [2.45, 2.75) is 121 Å². The molecule has 2 rings (SSSR count). The molecule has 36 heavy (non-hydrogen) atoms. The molecule has 1 aliphatic rings. The Morgan fingerprint density at radius 1 is 0.889 bits per heavy atom. The van der Waals surface area contributed by atoms with Gasteiger partial charge in [0.1, 0.15) is 37.2 Å². The number of amides is 1. The number of alkyl carbamates (subject to hydrolysis) is 1. The van der Waals surface area contributed by atoms with Gasteiger partial charge in [0.25, 0.3) is 0 Å². The fraction of sp³-hybridized carbons (Fsp3) is 0.750. The van der Waals surface area contributed by atoms with Gasteiger partial charge in [0.2, 0.25) is 0 Å². The minimum atomic E-state index is -1.32. The highest BCUT2D eigenvalue weighted by Gasteiger charge is 2.45. The van der Waals surface area contributed by atoms with Gasteiger partial charge in [0.15, 0.2) is 0 Å². The summed E-state index contributed by atoms with van der Waals surface area (Å²) in [6.07, 6.45) is 10.1. The number of carbonyl (C=O) groups excluding carboxylic acids is 1. The molecule has 5 atom stereocenters. The fourth-order valence-corrected chi connectivity index (χ4v) is 4.56. The predicted molar refractivity (Wildman–Crippen MR) is 140 cm³/mol. The van der Waals surface area contributed by atoms with Crippen LogP contribution in [0.15, 0.2) is 30.3 Å². The molecule has 0 bridgehead atoms. The number of rotatable bonds is 18. The molecule has 206 valence electrons. The van der Waals surface area contributed by atoms with Crippen LogP contribution in [-0.2, 0) is 16.1 Å². The van der Waals surface area contributed by atoms with Gasteiger partial charge in [-0.2, -0.15) is 0 Å². The minimum Gasteiger partial charge on any atom is -0.445 e. The maximum absolute atomic E-state index is 12.4. The van der Waals surface area contributed by atoms with Gasteiger partial charge in [-0.25, -0.2) is 4.79 Å². The van der Waals surface area contributed by atoms with Crippen LogP contribution >= 0.6 is 0 Å². The molecule has 0 radical (unpaired) electrons. The van der Waals surface area contributed by atoms with Crippen molar-refractivity contribution in [3.63, 3.8) is 0 Å². The summed E-state index contributed by atoms with van der Waals surface area (Å²) in [7, 11) is 0. The molecule has 8 nitrogen and oxygen atoms in total. The number of aliphatic hydroxyl groups is 3. The van der Waals surface area contributed by atoms with E-state index in [4.69, 9.17) is 9.47 Å². The summed E-state index contributed by atoms with van der Waals surface area (Å²) in [4.78, 5) is 12.4. The van der Waals surface area contributed by atoms with Crippen LogP contribution in [-0.4, -0.2) is 65.1 Å². The Morgan fingerprint density at radius 2 is 1.47 bits per heavy atom. The van der Waals surface area contributed by atoms with Crippen LogP contribution in [0.5, 0.6) is 0 Å². The van der Waals surface area contributed by atoms with Gasteiger partial charge >= 0.3 is 6.09 Å². The molecule has 1 aromatic rings. The van der Waals surface area contributed by atoms with E-state index in [2.05, 4.69) is 17.6 Å². The first-order chi connectivity index (χ1) is 17.6. The maximum Gasteiger partial charge on any atom is 0.407 e. The number of unbranched alkanes of at least 4 members (excludes halogenated alkanes) is 11. The van der Waals surface area contributed by atoms with Crippen LogP contribution in [0.3, 0.4) is 0 Å².